The number of ether oxygens (including phenoxy) is 2. The summed E-state index contributed by atoms with van der Waals surface area (Å²) in [5, 5.41) is 43.5. The van der Waals surface area contributed by atoms with Gasteiger partial charge in [-0.25, -0.2) is 9.59 Å². The topological polar surface area (TPSA) is 201 Å². The van der Waals surface area contributed by atoms with Crippen molar-refractivity contribution in [3.8, 4) is 23.9 Å². The zero-order valence-corrected chi connectivity index (χ0v) is 45.8. The van der Waals surface area contributed by atoms with Crippen molar-refractivity contribution in [2.75, 3.05) is 43.0 Å². The largest absolute Gasteiger partial charge is 0.494 e. The Labute approximate surface area is 468 Å². The van der Waals surface area contributed by atoms with Crippen molar-refractivity contribution in [1.82, 2.24) is 23.8 Å². The highest BCUT2D eigenvalue weighted by Gasteiger charge is 2.47. The lowest BCUT2D eigenvalue weighted by atomic mass is 9.94. The fourth-order valence-electron chi connectivity index (χ4n) is 10.1. The number of anilines is 4. The number of rotatable bonds is 16. The van der Waals surface area contributed by atoms with Gasteiger partial charge in [0.05, 0.1) is 80.4 Å². The van der Waals surface area contributed by atoms with Gasteiger partial charge in [-0.15, -0.1) is 0 Å². The molecular formula is C59H59F6N9O8. The minimum atomic E-state index is -4.79. The van der Waals surface area contributed by atoms with E-state index in [4.69, 9.17) is 9.47 Å². The van der Waals surface area contributed by atoms with Crippen LogP contribution in [0.25, 0.3) is 0 Å². The molecule has 0 radical (unpaired) electrons. The molecule has 0 fully saturated rings. The summed E-state index contributed by atoms with van der Waals surface area (Å²) in [5.41, 5.74) is -2.88. The molecule has 2 aliphatic rings. The molecule has 0 bridgehead atoms. The molecule has 0 saturated carbocycles. The van der Waals surface area contributed by atoms with Gasteiger partial charge < -0.3 is 43.5 Å². The molecule has 8 rings (SSSR count). The number of carbonyl (C=O) groups is 4. The molecule has 0 unspecified atom stereocenters. The lowest BCUT2D eigenvalue weighted by Crippen LogP contribution is -2.50. The van der Waals surface area contributed by atoms with E-state index in [9.17, 15) is 66.3 Å². The third-order valence-corrected chi connectivity index (χ3v) is 13.6. The molecule has 4 amide bonds. The number of esters is 2. The Kier molecular flexibility index (Phi) is 16.5. The molecule has 2 aliphatic heterocycles. The number of hydrogen-bond donors (Lipinski definition) is 2. The Bertz CT molecular complexity index is 3250. The average Bonchev–Trinajstić information content (AvgIpc) is 4.08. The Balaban J connectivity index is 1.08. The third kappa shape index (κ3) is 12.8. The highest BCUT2D eigenvalue weighted by molar-refractivity contribution is 6.05. The van der Waals surface area contributed by atoms with Crippen molar-refractivity contribution in [3.05, 3.63) is 154 Å². The minimum Gasteiger partial charge on any atom is -0.494 e. The monoisotopic (exact) mass is 1140 g/mol. The summed E-state index contributed by atoms with van der Waals surface area (Å²) < 4.78 is 99.1. The van der Waals surface area contributed by atoms with Crippen LogP contribution < -0.4 is 9.80 Å². The van der Waals surface area contributed by atoms with Crippen LogP contribution in [0.15, 0.2) is 109 Å². The quantitative estimate of drug-likeness (QED) is 0.0690. The molecule has 0 saturated heterocycles. The van der Waals surface area contributed by atoms with Gasteiger partial charge in [0.1, 0.15) is 24.3 Å². The fraction of sp³-hybridized carbons (Fsp3) is 0.356. The van der Waals surface area contributed by atoms with Gasteiger partial charge in [0, 0.05) is 25.5 Å². The molecule has 17 nitrogen and oxygen atoms in total. The smallest absolute Gasteiger partial charge is 0.416 e. The minimum absolute atomic E-state index is 0.0434. The van der Waals surface area contributed by atoms with Crippen LogP contribution in [0.3, 0.4) is 0 Å². The molecule has 2 aromatic heterocycles. The van der Waals surface area contributed by atoms with E-state index < -0.39 is 83.9 Å². The second-order valence-corrected chi connectivity index (χ2v) is 21.9. The van der Waals surface area contributed by atoms with Crippen LogP contribution in [0.5, 0.6) is 11.8 Å². The maximum absolute atomic E-state index is 14.8. The summed E-state index contributed by atoms with van der Waals surface area (Å²) in [7, 11) is 1.81. The van der Waals surface area contributed by atoms with E-state index in [0.717, 1.165) is 56.0 Å². The standard InChI is InChI=1S/C59H59F6N9O8/c1-56(2,3)81-46(75)34-71-50(38-20-16-36(30-66)17-21-38)48-44(73(54(71)79)42-14-8-12-40(28-42)58(60,61)62)32-69(52(48)77)26-10-24-68(7)25-11-27-70-33-45-49(53(70)78)51(39-22-18-37(31-67)19-23-39)72(35-47(76)82-57(4,5)6)55(80)74(45)43-15-9-13-41(29-43)59(63,64)65/h8-9,12-23,28-29,32-33,50-51,77-78H,10-11,24-27,34-35H2,1-7H3/t50-,51-/m1/s1. The van der Waals surface area contributed by atoms with Gasteiger partial charge in [0.15, 0.2) is 11.8 Å². The van der Waals surface area contributed by atoms with Crippen LogP contribution in [-0.4, -0.2) is 102 Å². The number of nitriles is 2. The fourth-order valence-corrected chi connectivity index (χ4v) is 10.1. The van der Waals surface area contributed by atoms with Crippen LogP contribution in [0.1, 0.15) is 111 Å². The molecular weight excluding hydrogens is 1080 g/mol. The number of alkyl halides is 6. The number of benzene rings is 4. The van der Waals surface area contributed by atoms with Crippen molar-refractivity contribution in [2.45, 2.75) is 103 Å². The first-order valence-electron chi connectivity index (χ1n) is 26.0. The van der Waals surface area contributed by atoms with Crippen molar-refractivity contribution >= 4 is 46.8 Å². The Morgan fingerprint density at radius 3 is 1.26 bits per heavy atom. The van der Waals surface area contributed by atoms with Crippen molar-refractivity contribution < 1.29 is 65.2 Å². The number of halogens is 6. The van der Waals surface area contributed by atoms with Crippen LogP contribution in [0.2, 0.25) is 0 Å². The maximum atomic E-state index is 14.8. The van der Waals surface area contributed by atoms with Gasteiger partial charge >= 0.3 is 36.4 Å². The van der Waals surface area contributed by atoms with Gasteiger partial charge in [-0.05, 0) is 146 Å². The normalized spacial score (nSPS) is 15.8. The Hall–Kier alpha value is -8.96. The number of urea groups is 2. The molecule has 82 heavy (non-hydrogen) atoms. The Morgan fingerprint density at radius 1 is 0.585 bits per heavy atom. The summed E-state index contributed by atoms with van der Waals surface area (Å²) >= 11 is 0. The first kappa shape index (κ1) is 59.2. The maximum Gasteiger partial charge on any atom is 0.416 e. The molecule has 2 N–H and O–H groups in total. The first-order chi connectivity index (χ1) is 38.5. The van der Waals surface area contributed by atoms with Gasteiger partial charge in [-0.1, -0.05) is 36.4 Å². The predicted molar refractivity (Wildman–Crippen MR) is 288 cm³/mol. The number of aryl methyl sites for hydroxylation is 2. The highest BCUT2D eigenvalue weighted by Crippen LogP contribution is 2.51. The molecule has 6 aromatic rings. The second-order valence-electron chi connectivity index (χ2n) is 21.9. The van der Waals surface area contributed by atoms with Gasteiger partial charge in [0.25, 0.3) is 0 Å². The van der Waals surface area contributed by atoms with Crippen molar-refractivity contribution in [1.29, 1.82) is 10.5 Å². The summed E-state index contributed by atoms with van der Waals surface area (Å²) in [6.07, 6.45) is -5.96. The van der Waals surface area contributed by atoms with E-state index in [2.05, 4.69) is 0 Å². The third-order valence-electron chi connectivity index (χ3n) is 13.6. The lowest BCUT2D eigenvalue weighted by Gasteiger charge is -2.41. The number of carbonyl (C=O) groups excluding carboxylic acids is 4. The zero-order chi connectivity index (χ0) is 59.8. The van der Waals surface area contributed by atoms with Crippen LogP contribution in [0, 0.1) is 22.7 Å². The summed E-state index contributed by atoms with van der Waals surface area (Å²) in [6.45, 7) is 9.41. The molecule has 0 aliphatic carbocycles. The molecule has 0 spiro atoms. The van der Waals surface area contributed by atoms with Crippen LogP contribution in [-0.2, 0) is 44.5 Å². The number of aromatic hydroxyl groups is 2. The number of nitrogens with zero attached hydrogens (tertiary/aromatic N) is 9. The van der Waals surface area contributed by atoms with Crippen LogP contribution in [0.4, 0.5) is 58.7 Å². The molecule has 430 valence electrons. The Morgan fingerprint density at radius 2 is 0.939 bits per heavy atom. The number of aromatic nitrogens is 2. The summed E-state index contributed by atoms with van der Waals surface area (Å²) in [4.78, 5) is 62.8. The van der Waals surface area contributed by atoms with E-state index >= 15 is 0 Å². The van der Waals surface area contributed by atoms with E-state index in [1.54, 1.807) is 65.8 Å². The average molecular weight is 1140 g/mol. The van der Waals surface area contributed by atoms with E-state index in [-0.39, 0.29) is 69.9 Å². The summed E-state index contributed by atoms with van der Waals surface area (Å²) in [5.74, 6) is -2.36. The van der Waals surface area contributed by atoms with Crippen molar-refractivity contribution in [2.24, 2.45) is 0 Å². The van der Waals surface area contributed by atoms with Crippen molar-refractivity contribution in [3.63, 3.8) is 0 Å². The van der Waals surface area contributed by atoms with E-state index in [1.165, 1.54) is 57.9 Å². The first-order valence-corrected chi connectivity index (χ1v) is 26.0. The molecule has 4 aromatic carbocycles. The van der Waals surface area contributed by atoms with Gasteiger partial charge in [-0.2, -0.15) is 36.9 Å². The van der Waals surface area contributed by atoms with Gasteiger partial charge in [0.2, 0.25) is 0 Å². The number of amides is 4. The van der Waals surface area contributed by atoms with Crippen LogP contribution >= 0.6 is 0 Å². The summed E-state index contributed by atoms with van der Waals surface area (Å²) in [6, 6.07) is 20.3. The second kappa shape index (κ2) is 22.9. The number of hydrogen-bond acceptors (Lipinski definition) is 11. The van der Waals surface area contributed by atoms with E-state index in [1.807, 2.05) is 24.1 Å². The molecule has 2 atom stereocenters. The zero-order valence-electron chi connectivity index (χ0n) is 45.8. The SMILES string of the molecule is CN(CCCn1cc2c(c1O)[C@@H](c1ccc(C#N)cc1)N(CC(=O)OC(C)(C)C)C(=O)N2c1cccc(C(F)(F)F)c1)CCCn1cc2c(c1O)[C@@H](c1ccc(C#N)cc1)N(CC(=O)OC(C)(C)C)C(=O)N2c1cccc(C(F)(F)F)c1. The lowest BCUT2D eigenvalue weighted by molar-refractivity contribution is -0.156. The number of fused-ring (bicyclic) bond motifs is 2. The predicted octanol–water partition coefficient (Wildman–Crippen LogP) is 11.9. The molecule has 4 heterocycles. The highest BCUT2D eigenvalue weighted by atomic mass is 19.4. The van der Waals surface area contributed by atoms with Gasteiger partial charge in [-0.3, -0.25) is 19.4 Å². The molecule has 23 heteroatoms. The van der Waals surface area contributed by atoms with E-state index in [0.29, 0.717) is 37.1 Å².